The van der Waals surface area contributed by atoms with E-state index in [1.165, 1.54) is 0 Å². The fourth-order valence-electron chi connectivity index (χ4n) is 1.54. The molecule has 0 bridgehead atoms. The maximum atomic E-state index is 10.7. The Morgan fingerprint density at radius 1 is 1.11 bits per heavy atom. The third-order valence-electron chi connectivity index (χ3n) is 2.41. The number of nitro benzene ring substituents is 1. The van der Waals surface area contributed by atoms with Crippen LogP contribution in [0.5, 0.6) is 0 Å². The van der Waals surface area contributed by atoms with E-state index < -0.39 is 0 Å². The molecule has 18 heavy (non-hydrogen) atoms. The topological polar surface area (TPSA) is 43.1 Å². The molecule has 0 aliphatic heterocycles. The van der Waals surface area contributed by atoms with Crippen LogP contribution in [-0.4, -0.2) is 4.92 Å². The summed E-state index contributed by atoms with van der Waals surface area (Å²) < 4.78 is 1.03. The van der Waals surface area contributed by atoms with Gasteiger partial charge in [-0.05, 0) is 43.3 Å². The first kappa shape index (κ1) is 13.1. The molecule has 0 aliphatic carbocycles. The molecule has 0 N–H and O–H groups in total. The summed E-state index contributed by atoms with van der Waals surface area (Å²) in [7, 11) is 0. The van der Waals surface area contributed by atoms with Crippen molar-refractivity contribution in [2.45, 2.75) is 16.7 Å². The van der Waals surface area contributed by atoms with Gasteiger partial charge in [-0.2, -0.15) is 0 Å². The molecule has 0 unspecified atom stereocenters. The molecule has 0 atom stereocenters. The predicted molar refractivity (Wildman–Crippen MR) is 76.1 cm³/mol. The standard InChI is InChI=1S/C13H10BrNO2S/c1-9-8-12(6-7-13(9)15(16)17)18-11-4-2-10(14)3-5-11/h2-8H,1H3. The van der Waals surface area contributed by atoms with Crippen molar-refractivity contribution in [2.24, 2.45) is 0 Å². The van der Waals surface area contributed by atoms with Crippen LogP contribution in [0.3, 0.4) is 0 Å². The Morgan fingerprint density at radius 3 is 2.28 bits per heavy atom. The molecular weight excluding hydrogens is 314 g/mol. The average Bonchev–Trinajstić information content (AvgIpc) is 2.32. The third-order valence-corrected chi connectivity index (χ3v) is 3.94. The highest BCUT2D eigenvalue weighted by molar-refractivity contribution is 9.10. The highest BCUT2D eigenvalue weighted by Gasteiger charge is 2.10. The summed E-state index contributed by atoms with van der Waals surface area (Å²) >= 11 is 4.97. The molecule has 2 aromatic carbocycles. The zero-order chi connectivity index (χ0) is 13.1. The lowest BCUT2D eigenvalue weighted by Crippen LogP contribution is -1.91. The molecule has 2 rings (SSSR count). The van der Waals surface area contributed by atoms with E-state index in [1.807, 2.05) is 30.3 Å². The largest absolute Gasteiger partial charge is 0.272 e. The number of benzene rings is 2. The van der Waals surface area contributed by atoms with Gasteiger partial charge in [0.2, 0.25) is 0 Å². The molecule has 2 aromatic rings. The zero-order valence-electron chi connectivity index (χ0n) is 9.59. The van der Waals surface area contributed by atoms with Crippen LogP contribution >= 0.6 is 27.7 Å². The van der Waals surface area contributed by atoms with Crippen molar-refractivity contribution in [1.82, 2.24) is 0 Å². The minimum Gasteiger partial charge on any atom is -0.258 e. The molecule has 0 saturated heterocycles. The molecule has 0 saturated carbocycles. The summed E-state index contributed by atoms with van der Waals surface area (Å²) in [5.74, 6) is 0. The number of aryl methyl sites for hydroxylation is 1. The fourth-order valence-corrected chi connectivity index (χ4v) is 2.72. The monoisotopic (exact) mass is 323 g/mol. The second kappa shape index (κ2) is 5.54. The van der Waals surface area contributed by atoms with Crippen LogP contribution in [0.15, 0.2) is 56.7 Å². The van der Waals surface area contributed by atoms with E-state index in [-0.39, 0.29) is 10.6 Å². The van der Waals surface area contributed by atoms with Crippen LogP contribution in [0, 0.1) is 17.0 Å². The van der Waals surface area contributed by atoms with Gasteiger partial charge in [0.15, 0.2) is 0 Å². The van der Waals surface area contributed by atoms with Gasteiger partial charge in [-0.3, -0.25) is 10.1 Å². The van der Waals surface area contributed by atoms with Crippen LogP contribution in [0.1, 0.15) is 5.56 Å². The van der Waals surface area contributed by atoms with Crippen LogP contribution in [0.25, 0.3) is 0 Å². The van der Waals surface area contributed by atoms with Gasteiger partial charge in [0.25, 0.3) is 5.69 Å². The van der Waals surface area contributed by atoms with E-state index in [0.717, 1.165) is 14.3 Å². The maximum absolute atomic E-state index is 10.7. The lowest BCUT2D eigenvalue weighted by atomic mass is 10.2. The summed E-state index contributed by atoms with van der Waals surface area (Å²) in [5.41, 5.74) is 0.845. The molecule has 0 spiro atoms. The third kappa shape index (κ3) is 3.11. The number of hydrogen-bond acceptors (Lipinski definition) is 3. The van der Waals surface area contributed by atoms with Crippen molar-refractivity contribution in [3.8, 4) is 0 Å². The Labute approximate surface area is 117 Å². The predicted octanol–water partition coefficient (Wildman–Crippen LogP) is 4.82. The van der Waals surface area contributed by atoms with Crippen molar-refractivity contribution in [1.29, 1.82) is 0 Å². The summed E-state index contributed by atoms with van der Waals surface area (Å²) in [6, 6.07) is 13.1. The molecule has 0 aliphatic rings. The van der Waals surface area contributed by atoms with E-state index in [4.69, 9.17) is 0 Å². The molecule has 5 heteroatoms. The number of halogens is 1. The van der Waals surface area contributed by atoms with Crippen LogP contribution in [-0.2, 0) is 0 Å². The second-order valence-electron chi connectivity index (χ2n) is 3.76. The molecule has 0 fully saturated rings. The molecule has 0 heterocycles. The summed E-state index contributed by atoms with van der Waals surface area (Å²) in [4.78, 5) is 12.5. The normalized spacial score (nSPS) is 10.3. The number of nitrogens with zero attached hydrogens (tertiary/aromatic N) is 1. The molecule has 0 amide bonds. The van der Waals surface area contributed by atoms with Gasteiger partial charge < -0.3 is 0 Å². The first-order valence-electron chi connectivity index (χ1n) is 5.25. The number of hydrogen-bond donors (Lipinski definition) is 0. The van der Waals surface area contributed by atoms with Crippen molar-refractivity contribution < 1.29 is 4.92 Å². The van der Waals surface area contributed by atoms with Crippen LogP contribution < -0.4 is 0 Å². The second-order valence-corrected chi connectivity index (χ2v) is 5.82. The highest BCUT2D eigenvalue weighted by Crippen LogP contribution is 2.31. The van der Waals surface area contributed by atoms with Crippen LogP contribution in [0.4, 0.5) is 5.69 Å². The highest BCUT2D eigenvalue weighted by atomic mass is 79.9. The Balaban J connectivity index is 2.22. The minimum atomic E-state index is -0.358. The maximum Gasteiger partial charge on any atom is 0.272 e. The van der Waals surface area contributed by atoms with Crippen LogP contribution in [0.2, 0.25) is 0 Å². The Kier molecular flexibility index (Phi) is 4.04. The fraction of sp³-hybridized carbons (Fsp3) is 0.0769. The first-order chi connectivity index (χ1) is 8.56. The number of nitro groups is 1. The molecule has 0 radical (unpaired) electrons. The Morgan fingerprint density at radius 2 is 1.72 bits per heavy atom. The van der Waals surface area contributed by atoms with E-state index in [1.54, 1.807) is 30.8 Å². The number of rotatable bonds is 3. The quantitative estimate of drug-likeness (QED) is 0.601. The lowest BCUT2D eigenvalue weighted by Gasteiger charge is -2.03. The summed E-state index contributed by atoms with van der Waals surface area (Å²) in [6.45, 7) is 1.75. The summed E-state index contributed by atoms with van der Waals surface area (Å²) in [6.07, 6.45) is 0. The summed E-state index contributed by atoms with van der Waals surface area (Å²) in [5, 5.41) is 10.7. The smallest absolute Gasteiger partial charge is 0.258 e. The van der Waals surface area contributed by atoms with Gasteiger partial charge in [0, 0.05) is 25.9 Å². The average molecular weight is 324 g/mol. The van der Waals surface area contributed by atoms with Crippen molar-refractivity contribution in [3.63, 3.8) is 0 Å². The van der Waals surface area contributed by atoms with Crippen molar-refractivity contribution >= 4 is 33.4 Å². The van der Waals surface area contributed by atoms with Gasteiger partial charge >= 0.3 is 0 Å². The van der Waals surface area contributed by atoms with Gasteiger partial charge in [-0.1, -0.05) is 27.7 Å². The first-order valence-corrected chi connectivity index (χ1v) is 6.85. The Hall–Kier alpha value is -1.33. The molecular formula is C13H10BrNO2S. The van der Waals surface area contributed by atoms with Gasteiger partial charge in [0.05, 0.1) is 4.92 Å². The lowest BCUT2D eigenvalue weighted by molar-refractivity contribution is -0.385. The van der Waals surface area contributed by atoms with E-state index in [2.05, 4.69) is 15.9 Å². The Bertz CT molecular complexity index is 584. The van der Waals surface area contributed by atoms with Gasteiger partial charge in [-0.15, -0.1) is 0 Å². The van der Waals surface area contributed by atoms with E-state index in [9.17, 15) is 10.1 Å². The SMILES string of the molecule is Cc1cc(Sc2ccc(Br)cc2)ccc1[N+](=O)[O-]. The van der Waals surface area contributed by atoms with Crippen molar-refractivity contribution in [2.75, 3.05) is 0 Å². The van der Waals surface area contributed by atoms with Crippen molar-refractivity contribution in [3.05, 3.63) is 62.6 Å². The molecule has 92 valence electrons. The molecule has 0 aromatic heterocycles. The molecule has 3 nitrogen and oxygen atoms in total. The van der Waals surface area contributed by atoms with E-state index >= 15 is 0 Å². The van der Waals surface area contributed by atoms with Gasteiger partial charge in [-0.25, -0.2) is 0 Å². The van der Waals surface area contributed by atoms with E-state index in [0.29, 0.717) is 5.56 Å². The zero-order valence-corrected chi connectivity index (χ0v) is 12.0. The minimum absolute atomic E-state index is 0.162. The van der Waals surface area contributed by atoms with Gasteiger partial charge in [0.1, 0.15) is 0 Å².